The van der Waals surface area contributed by atoms with E-state index in [4.69, 9.17) is 41.5 Å². The summed E-state index contributed by atoms with van der Waals surface area (Å²) in [4.78, 5) is 0. The Morgan fingerprint density at radius 3 is 1.38 bits per heavy atom. The van der Waals surface area contributed by atoms with Gasteiger partial charge in [0.25, 0.3) is 0 Å². The zero-order valence-electron chi connectivity index (χ0n) is 17.1. The van der Waals surface area contributed by atoms with Crippen LogP contribution in [0.4, 0.5) is 0 Å². The SMILES string of the molecule is CCOCC(CCl)O[Si](OC(CCl)COCC)(c1ccccc1)c1ccccc1. The Morgan fingerprint density at radius 2 is 1.07 bits per heavy atom. The van der Waals surface area contributed by atoms with Crippen molar-refractivity contribution in [2.24, 2.45) is 0 Å². The Hall–Kier alpha value is -0.923. The van der Waals surface area contributed by atoms with Gasteiger partial charge in [0.05, 0.1) is 25.4 Å². The summed E-state index contributed by atoms with van der Waals surface area (Å²) in [6.07, 6.45) is -0.626. The monoisotopic (exact) mass is 456 g/mol. The highest BCUT2D eigenvalue weighted by Gasteiger charge is 2.46. The fraction of sp³-hybridized carbons (Fsp3) is 0.455. The van der Waals surface area contributed by atoms with Crippen LogP contribution in [0.3, 0.4) is 0 Å². The Bertz CT molecular complexity index is 616. The van der Waals surface area contributed by atoms with Gasteiger partial charge >= 0.3 is 8.56 Å². The molecule has 0 aromatic heterocycles. The summed E-state index contributed by atoms with van der Waals surface area (Å²) in [5.74, 6) is 0.601. The van der Waals surface area contributed by atoms with E-state index in [0.29, 0.717) is 38.2 Å². The Labute approximate surface area is 185 Å². The molecule has 0 fully saturated rings. The van der Waals surface area contributed by atoms with E-state index in [1.807, 2.05) is 74.5 Å². The molecule has 0 aliphatic heterocycles. The normalized spacial score (nSPS) is 13.9. The van der Waals surface area contributed by atoms with E-state index in [2.05, 4.69) is 0 Å². The number of ether oxygens (including phenoxy) is 2. The average Bonchev–Trinajstić information content (AvgIpc) is 2.79. The molecule has 2 aromatic carbocycles. The van der Waals surface area contributed by atoms with Gasteiger partial charge in [-0.25, -0.2) is 0 Å². The molecule has 2 aromatic rings. The van der Waals surface area contributed by atoms with Crippen LogP contribution in [0.15, 0.2) is 60.7 Å². The number of benzene rings is 2. The van der Waals surface area contributed by atoms with Gasteiger partial charge in [0.15, 0.2) is 0 Å². The topological polar surface area (TPSA) is 36.9 Å². The molecule has 0 aliphatic rings. The van der Waals surface area contributed by atoms with E-state index in [1.54, 1.807) is 0 Å². The first-order valence-electron chi connectivity index (χ1n) is 9.94. The van der Waals surface area contributed by atoms with E-state index in [-0.39, 0.29) is 12.2 Å². The smallest absolute Gasteiger partial charge is 0.381 e. The molecular formula is C22H30Cl2O4Si. The second-order valence-corrected chi connectivity index (χ2v) is 9.93. The molecule has 0 radical (unpaired) electrons. The number of rotatable bonds is 14. The highest BCUT2D eigenvalue weighted by Crippen LogP contribution is 2.17. The van der Waals surface area contributed by atoms with Gasteiger partial charge in [-0.05, 0) is 24.2 Å². The van der Waals surface area contributed by atoms with Gasteiger partial charge in [-0.1, -0.05) is 60.7 Å². The van der Waals surface area contributed by atoms with Crippen molar-refractivity contribution in [2.45, 2.75) is 26.1 Å². The fourth-order valence-corrected chi connectivity index (χ4v) is 6.92. The van der Waals surface area contributed by atoms with Gasteiger partial charge in [0.1, 0.15) is 0 Å². The molecule has 0 bridgehead atoms. The van der Waals surface area contributed by atoms with Crippen LogP contribution in [-0.4, -0.2) is 59.0 Å². The molecule has 2 unspecified atom stereocenters. The van der Waals surface area contributed by atoms with E-state index in [1.165, 1.54) is 0 Å². The van der Waals surface area contributed by atoms with Crippen molar-refractivity contribution in [2.75, 3.05) is 38.2 Å². The summed E-state index contributed by atoms with van der Waals surface area (Å²) in [6.45, 7) is 5.89. The summed E-state index contributed by atoms with van der Waals surface area (Å²) >= 11 is 12.5. The van der Waals surface area contributed by atoms with Crippen LogP contribution in [0.1, 0.15) is 13.8 Å². The quantitative estimate of drug-likeness (QED) is 0.321. The van der Waals surface area contributed by atoms with Gasteiger partial charge in [0.2, 0.25) is 0 Å². The lowest BCUT2D eigenvalue weighted by molar-refractivity contribution is 0.0186. The number of hydrogen-bond donors (Lipinski definition) is 0. The third kappa shape index (κ3) is 7.07. The van der Waals surface area contributed by atoms with E-state index in [9.17, 15) is 0 Å². The minimum Gasteiger partial charge on any atom is -0.381 e. The molecule has 2 rings (SSSR count). The molecule has 0 N–H and O–H groups in total. The van der Waals surface area contributed by atoms with Crippen molar-refractivity contribution >= 4 is 42.1 Å². The van der Waals surface area contributed by atoms with Crippen molar-refractivity contribution in [3.63, 3.8) is 0 Å². The summed E-state index contributed by atoms with van der Waals surface area (Å²) in [7, 11) is -3.14. The zero-order valence-corrected chi connectivity index (χ0v) is 19.6. The summed E-state index contributed by atoms with van der Waals surface area (Å²) in [6, 6.07) is 20.1. The van der Waals surface area contributed by atoms with Crippen LogP contribution in [0.5, 0.6) is 0 Å². The summed E-state index contributed by atoms with van der Waals surface area (Å²) in [5.41, 5.74) is 0. The second-order valence-electron chi connectivity index (χ2n) is 6.46. The Morgan fingerprint density at radius 1 is 0.690 bits per heavy atom. The van der Waals surface area contributed by atoms with Crippen molar-refractivity contribution < 1.29 is 18.3 Å². The van der Waals surface area contributed by atoms with Crippen LogP contribution in [0.25, 0.3) is 0 Å². The van der Waals surface area contributed by atoms with E-state index >= 15 is 0 Å². The maximum atomic E-state index is 6.72. The van der Waals surface area contributed by atoms with Gasteiger partial charge < -0.3 is 18.3 Å². The zero-order chi connectivity index (χ0) is 21.0. The number of hydrogen-bond acceptors (Lipinski definition) is 4. The third-order valence-corrected chi connectivity index (χ3v) is 8.54. The molecule has 0 saturated heterocycles. The minimum atomic E-state index is -3.14. The van der Waals surface area contributed by atoms with Crippen LogP contribution in [-0.2, 0) is 18.3 Å². The van der Waals surface area contributed by atoms with Gasteiger partial charge in [-0.15, -0.1) is 23.2 Å². The van der Waals surface area contributed by atoms with Crippen molar-refractivity contribution in [3.05, 3.63) is 60.7 Å². The molecule has 7 heteroatoms. The lowest BCUT2D eigenvalue weighted by Gasteiger charge is -2.37. The summed E-state index contributed by atoms with van der Waals surface area (Å²) < 4.78 is 24.7. The van der Waals surface area contributed by atoms with E-state index < -0.39 is 8.56 Å². The minimum absolute atomic E-state index is 0.300. The number of halogens is 2. The van der Waals surface area contributed by atoms with Crippen molar-refractivity contribution in [3.8, 4) is 0 Å². The Balaban J connectivity index is 2.52. The first kappa shape index (κ1) is 24.3. The van der Waals surface area contributed by atoms with Crippen LogP contribution < -0.4 is 10.4 Å². The standard InChI is InChI=1S/C22H30Cl2O4Si/c1-3-25-17-19(15-23)27-29(21-11-7-5-8-12-21,22-13-9-6-10-14-22)28-20(16-24)18-26-4-2/h5-14,19-20H,3-4,15-18H2,1-2H3. The third-order valence-electron chi connectivity index (χ3n) is 4.33. The maximum Gasteiger partial charge on any atom is 0.407 e. The largest absolute Gasteiger partial charge is 0.407 e. The van der Waals surface area contributed by atoms with Crippen molar-refractivity contribution in [1.29, 1.82) is 0 Å². The van der Waals surface area contributed by atoms with Gasteiger partial charge in [-0.3, -0.25) is 0 Å². The predicted octanol–water partition coefficient (Wildman–Crippen LogP) is 3.56. The molecular weight excluding hydrogens is 427 g/mol. The first-order chi connectivity index (χ1) is 14.2. The maximum absolute atomic E-state index is 6.72. The predicted molar refractivity (Wildman–Crippen MR) is 122 cm³/mol. The molecule has 2 atom stereocenters. The highest BCUT2D eigenvalue weighted by atomic mass is 35.5. The first-order valence-corrected chi connectivity index (χ1v) is 12.8. The molecule has 0 saturated carbocycles. The lowest BCUT2D eigenvalue weighted by atomic mass is 10.4. The van der Waals surface area contributed by atoms with Crippen molar-refractivity contribution in [1.82, 2.24) is 0 Å². The average molecular weight is 457 g/mol. The molecule has 0 aliphatic carbocycles. The van der Waals surface area contributed by atoms with E-state index in [0.717, 1.165) is 10.4 Å². The van der Waals surface area contributed by atoms with Crippen LogP contribution in [0.2, 0.25) is 0 Å². The fourth-order valence-electron chi connectivity index (χ4n) is 2.97. The number of alkyl halides is 2. The van der Waals surface area contributed by atoms with Crippen LogP contribution in [0, 0.1) is 0 Å². The molecule has 0 amide bonds. The Kier molecular flexibility index (Phi) is 11.2. The molecule has 0 spiro atoms. The molecule has 160 valence electrons. The molecule has 0 heterocycles. The summed E-state index contributed by atoms with van der Waals surface area (Å²) in [5, 5.41) is 1.98. The molecule has 4 nitrogen and oxygen atoms in total. The molecule has 29 heavy (non-hydrogen) atoms. The van der Waals surface area contributed by atoms with Crippen LogP contribution >= 0.6 is 23.2 Å². The van der Waals surface area contributed by atoms with Gasteiger partial charge in [-0.2, -0.15) is 0 Å². The lowest BCUT2D eigenvalue weighted by Crippen LogP contribution is -2.67. The van der Waals surface area contributed by atoms with Gasteiger partial charge in [0, 0.05) is 25.0 Å². The second kappa shape index (κ2) is 13.4. The highest BCUT2D eigenvalue weighted by molar-refractivity contribution is 6.92.